The van der Waals surface area contributed by atoms with Gasteiger partial charge in [0.1, 0.15) is 0 Å². The van der Waals surface area contributed by atoms with Crippen molar-refractivity contribution in [2.45, 2.75) is 46.0 Å². The molecule has 1 fully saturated rings. The van der Waals surface area contributed by atoms with Gasteiger partial charge in [-0.2, -0.15) is 0 Å². The van der Waals surface area contributed by atoms with Gasteiger partial charge in [-0.25, -0.2) is 0 Å². The molecular formula is C18H27Cl2N. The fourth-order valence-electron chi connectivity index (χ4n) is 3.43. The van der Waals surface area contributed by atoms with Gasteiger partial charge in [-0.1, -0.05) is 62.5 Å². The minimum atomic E-state index is 0.527. The number of rotatable bonds is 5. The van der Waals surface area contributed by atoms with E-state index in [2.05, 4.69) is 32.2 Å². The van der Waals surface area contributed by atoms with E-state index in [9.17, 15) is 0 Å². The third-order valence-corrected chi connectivity index (χ3v) is 5.43. The van der Waals surface area contributed by atoms with Crippen LogP contribution in [-0.2, 0) is 0 Å². The topological polar surface area (TPSA) is 12.0 Å². The van der Waals surface area contributed by atoms with E-state index in [1.807, 2.05) is 12.1 Å². The Labute approximate surface area is 139 Å². The number of nitrogens with one attached hydrogen (secondary N) is 1. The molecule has 1 N–H and O–H groups in total. The van der Waals surface area contributed by atoms with Crippen LogP contribution in [-0.4, -0.2) is 13.1 Å². The quantitative estimate of drug-likeness (QED) is 0.725. The summed E-state index contributed by atoms with van der Waals surface area (Å²) in [4.78, 5) is 0. The summed E-state index contributed by atoms with van der Waals surface area (Å²) >= 11 is 12.7. The van der Waals surface area contributed by atoms with E-state index >= 15 is 0 Å². The van der Waals surface area contributed by atoms with Crippen molar-refractivity contribution in [1.82, 2.24) is 5.32 Å². The van der Waals surface area contributed by atoms with Gasteiger partial charge in [-0.05, 0) is 61.2 Å². The van der Waals surface area contributed by atoms with Gasteiger partial charge in [0.05, 0.1) is 10.0 Å². The highest BCUT2D eigenvalue weighted by Gasteiger charge is 2.31. The third-order valence-electron chi connectivity index (χ3n) is 4.60. The first-order valence-corrected chi connectivity index (χ1v) is 8.89. The molecule has 0 aliphatic heterocycles. The molecule has 3 unspecified atom stereocenters. The summed E-state index contributed by atoms with van der Waals surface area (Å²) in [5.74, 6) is 2.66. The molecule has 118 valence electrons. The van der Waals surface area contributed by atoms with Crippen molar-refractivity contribution < 1.29 is 0 Å². The summed E-state index contributed by atoms with van der Waals surface area (Å²) < 4.78 is 0. The zero-order valence-corrected chi connectivity index (χ0v) is 14.8. The van der Waals surface area contributed by atoms with Crippen LogP contribution in [0.15, 0.2) is 18.2 Å². The van der Waals surface area contributed by atoms with Crippen molar-refractivity contribution >= 4 is 23.2 Å². The number of hydrogen-bond acceptors (Lipinski definition) is 1. The normalized spacial score (nSPS) is 26.3. The summed E-state index contributed by atoms with van der Waals surface area (Å²) in [6, 6.07) is 6.07. The smallest absolute Gasteiger partial charge is 0.0627 e. The molecule has 0 radical (unpaired) electrons. The minimum Gasteiger partial charge on any atom is -0.316 e. The maximum atomic E-state index is 6.47. The van der Waals surface area contributed by atoms with Crippen molar-refractivity contribution in [3.63, 3.8) is 0 Å². The Balaban J connectivity index is 2.13. The van der Waals surface area contributed by atoms with E-state index in [4.69, 9.17) is 23.2 Å². The van der Waals surface area contributed by atoms with Crippen molar-refractivity contribution in [3.05, 3.63) is 33.8 Å². The minimum absolute atomic E-state index is 0.527. The Bertz CT molecular complexity index is 459. The lowest BCUT2D eigenvalue weighted by Crippen LogP contribution is -2.33. The Morgan fingerprint density at radius 2 is 2.00 bits per heavy atom. The molecule has 3 atom stereocenters. The third kappa shape index (κ3) is 4.61. The van der Waals surface area contributed by atoms with Gasteiger partial charge in [0.2, 0.25) is 0 Å². The number of hydrogen-bond donors (Lipinski definition) is 1. The average Bonchev–Trinajstić information content (AvgIpc) is 2.43. The molecule has 3 heteroatoms. The van der Waals surface area contributed by atoms with Crippen LogP contribution in [0.1, 0.15) is 51.5 Å². The first kappa shape index (κ1) is 17.1. The number of halogens is 2. The summed E-state index contributed by atoms with van der Waals surface area (Å²) in [6.07, 6.45) is 3.82. The molecule has 0 saturated heterocycles. The number of benzene rings is 1. The Kier molecular flexibility index (Phi) is 6.40. The fourth-order valence-corrected chi connectivity index (χ4v) is 3.88. The largest absolute Gasteiger partial charge is 0.316 e. The molecule has 1 aliphatic rings. The maximum Gasteiger partial charge on any atom is 0.0627 e. The highest BCUT2D eigenvalue weighted by atomic mass is 35.5. The predicted molar refractivity (Wildman–Crippen MR) is 93.4 cm³/mol. The Morgan fingerprint density at radius 1 is 1.24 bits per heavy atom. The summed E-state index contributed by atoms with van der Waals surface area (Å²) in [7, 11) is 0. The lowest BCUT2D eigenvalue weighted by molar-refractivity contribution is 0.240. The van der Waals surface area contributed by atoms with Crippen LogP contribution in [0.5, 0.6) is 0 Å². The van der Waals surface area contributed by atoms with Crippen molar-refractivity contribution in [2.24, 2.45) is 17.8 Å². The molecule has 1 saturated carbocycles. The monoisotopic (exact) mass is 327 g/mol. The average molecular weight is 328 g/mol. The van der Waals surface area contributed by atoms with E-state index in [0.717, 1.165) is 24.0 Å². The van der Waals surface area contributed by atoms with E-state index in [1.165, 1.54) is 24.8 Å². The van der Waals surface area contributed by atoms with E-state index in [0.29, 0.717) is 22.8 Å². The van der Waals surface area contributed by atoms with E-state index in [-0.39, 0.29) is 0 Å². The van der Waals surface area contributed by atoms with Crippen LogP contribution in [0, 0.1) is 17.8 Å². The second-order valence-corrected chi connectivity index (χ2v) is 7.77. The molecule has 21 heavy (non-hydrogen) atoms. The highest BCUT2D eigenvalue weighted by Crippen LogP contribution is 2.43. The first-order valence-electron chi connectivity index (χ1n) is 8.13. The van der Waals surface area contributed by atoms with E-state index in [1.54, 1.807) is 0 Å². The lowest BCUT2D eigenvalue weighted by atomic mass is 9.71. The fraction of sp³-hybridized carbons (Fsp3) is 0.667. The van der Waals surface area contributed by atoms with Gasteiger partial charge in [0, 0.05) is 0 Å². The van der Waals surface area contributed by atoms with Crippen LogP contribution in [0.4, 0.5) is 0 Å². The van der Waals surface area contributed by atoms with Crippen molar-refractivity contribution in [2.75, 3.05) is 13.1 Å². The van der Waals surface area contributed by atoms with Crippen molar-refractivity contribution in [3.8, 4) is 0 Å². The zero-order valence-electron chi connectivity index (χ0n) is 13.3. The SMILES string of the molecule is CC(C)CNCC1CCC(C)CC1c1cccc(Cl)c1Cl. The molecule has 1 aliphatic carbocycles. The van der Waals surface area contributed by atoms with Crippen LogP contribution in [0.25, 0.3) is 0 Å². The Hall–Kier alpha value is -0.240. The standard InChI is InChI=1S/C18H27Cl2N/c1-12(2)10-21-11-14-8-7-13(3)9-16(14)15-5-4-6-17(19)18(15)20/h4-6,12-14,16,21H,7-11H2,1-3H3. The van der Waals surface area contributed by atoms with Crippen molar-refractivity contribution in [1.29, 1.82) is 0 Å². The molecule has 0 aromatic heterocycles. The molecular weight excluding hydrogens is 301 g/mol. The van der Waals surface area contributed by atoms with Gasteiger partial charge in [-0.3, -0.25) is 0 Å². The zero-order chi connectivity index (χ0) is 15.4. The maximum absolute atomic E-state index is 6.47. The Morgan fingerprint density at radius 3 is 2.71 bits per heavy atom. The molecule has 1 nitrogen and oxygen atoms in total. The lowest BCUT2D eigenvalue weighted by Gasteiger charge is -2.36. The highest BCUT2D eigenvalue weighted by molar-refractivity contribution is 6.42. The molecule has 2 rings (SSSR count). The van der Waals surface area contributed by atoms with Gasteiger partial charge in [-0.15, -0.1) is 0 Å². The predicted octanol–water partition coefficient (Wildman–Crippen LogP) is 5.76. The second kappa shape index (κ2) is 7.85. The summed E-state index contributed by atoms with van der Waals surface area (Å²) in [5.41, 5.74) is 1.24. The van der Waals surface area contributed by atoms with E-state index < -0.39 is 0 Å². The van der Waals surface area contributed by atoms with Gasteiger partial charge in [0.25, 0.3) is 0 Å². The molecule has 0 amide bonds. The van der Waals surface area contributed by atoms with Gasteiger partial charge < -0.3 is 5.32 Å². The second-order valence-electron chi connectivity index (χ2n) is 6.98. The van der Waals surface area contributed by atoms with Gasteiger partial charge in [0.15, 0.2) is 0 Å². The van der Waals surface area contributed by atoms with Crippen LogP contribution >= 0.6 is 23.2 Å². The van der Waals surface area contributed by atoms with Crippen LogP contribution in [0.3, 0.4) is 0 Å². The van der Waals surface area contributed by atoms with Gasteiger partial charge >= 0.3 is 0 Å². The molecule has 1 aromatic rings. The molecule has 1 aromatic carbocycles. The molecule has 0 bridgehead atoms. The van der Waals surface area contributed by atoms with Crippen LogP contribution in [0.2, 0.25) is 10.0 Å². The first-order chi connectivity index (χ1) is 9.99. The molecule has 0 spiro atoms. The summed E-state index contributed by atoms with van der Waals surface area (Å²) in [5, 5.41) is 5.07. The van der Waals surface area contributed by atoms with Crippen LogP contribution < -0.4 is 5.32 Å². The molecule has 0 heterocycles. The summed E-state index contributed by atoms with van der Waals surface area (Å²) in [6.45, 7) is 9.02.